The van der Waals surface area contributed by atoms with E-state index in [4.69, 9.17) is 10.5 Å². The van der Waals surface area contributed by atoms with Crippen molar-refractivity contribution in [2.75, 3.05) is 0 Å². The van der Waals surface area contributed by atoms with Crippen molar-refractivity contribution in [3.05, 3.63) is 76.3 Å². The van der Waals surface area contributed by atoms with Crippen LogP contribution in [-0.4, -0.2) is 21.4 Å². The maximum atomic E-state index is 12.5. The molecule has 1 amide bonds. The number of hydrogen-bond acceptors (Lipinski definition) is 5. The Labute approximate surface area is 155 Å². The maximum Gasteiger partial charge on any atom is 0.308 e. The van der Waals surface area contributed by atoms with Crippen LogP contribution in [0.25, 0.3) is 10.9 Å². The van der Waals surface area contributed by atoms with Crippen LogP contribution in [0.3, 0.4) is 0 Å². The van der Waals surface area contributed by atoms with Crippen LogP contribution in [0.15, 0.2) is 59.7 Å². The van der Waals surface area contributed by atoms with Crippen LogP contribution in [0, 0.1) is 6.92 Å². The highest BCUT2D eigenvalue weighted by Gasteiger charge is 2.22. The summed E-state index contributed by atoms with van der Waals surface area (Å²) in [6.07, 6.45) is 0.163. The summed E-state index contributed by atoms with van der Waals surface area (Å²) in [5, 5.41) is 0.491. The van der Waals surface area contributed by atoms with Gasteiger partial charge in [-0.15, -0.1) is 0 Å². The topological polar surface area (TPSA) is 104 Å². The number of para-hydroxylation sites is 1. The fourth-order valence-electron chi connectivity index (χ4n) is 2.82. The molecule has 1 unspecified atom stereocenters. The van der Waals surface area contributed by atoms with Gasteiger partial charge >= 0.3 is 5.97 Å². The van der Waals surface area contributed by atoms with Gasteiger partial charge in [-0.3, -0.25) is 19.0 Å². The third-order valence-electron chi connectivity index (χ3n) is 4.22. The molecule has 0 aliphatic rings. The van der Waals surface area contributed by atoms with Gasteiger partial charge < -0.3 is 10.5 Å². The lowest BCUT2D eigenvalue weighted by Gasteiger charge is -2.15. The number of benzene rings is 2. The molecule has 2 N–H and O–H groups in total. The van der Waals surface area contributed by atoms with Gasteiger partial charge in [-0.05, 0) is 18.6 Å². The first-order valence-corrected chi connectivity index (χ1v) is 8.46. The van der Waals surface area contributed by atoms with Crippen molar-refractivity contribution >= 4 is 22.8 Å². The second-order valence-electron chi connectivity index (χ2n) is 6.15. The number of carbonyl (C=O) groups excluding carboxylic acids is 2. The average Bonchev–Trinajstić information content (AvgIpc) is 2.66. The van der Waals surface area contributed by atoms with E-state index in [0.717, 1.165) is 5.56 Å². The van der Waals surface area contributed by atoms with E-state index in [0.29, 0.717) is 16.5 Å². The zero-order valence-corrected chi connectivity index (χ0v) is 14.8. The zero-order valence-electron chi connectivity index (χ0n) is 14.8. The first kappa shape index (κ1) is 18.3. The Morgan fingerprint density at radius 3 is 2.59 bits per heavy atom. The summed E-state index contributed by atoms with van der Waals surface area (Å²) in [7, 11) is 0. The SMILES string of the molecule is Cc1cccc2c(=O)n(CCC(=O)OC(C(N)=O)c3ccccc3)cnc12. The number of esters is 1. The van der Waals surface area contributed by atoms with Gasteiger partial charge in [0.2, 0.25) is 6.10 Å². The Kier molecular flexibility index (Phi) is 5.30. The first-order valence-electron chi connectivity index (χ1n) is 8.46. The van der Waals surface area contributed by atoms with Gasteiger partial charge in [0.15, 0.2) is 0 Å². The molecule has 2 aromatic carbocycles. The number of rotatable bonds is 6. The third kappa shape index (κ3) is 4.03. The van der Waals surface area contributed by atoms with Crippen molar-refractivity contribution in [1.82, 2.24) is 9.55 Å². The van der Waals surface area contributed by atoms with Crippen LogP contribution in [-0.2, 0) is 20.9 Å². The number of amides is 1. The van der Waals surface area contributed by atoms with Crippen molar-refractivity contribution < 1.29 is 14.3 Å². The lowest BCUT2D eigenvalue weighted by Crippen LogP contribution is -2.27. The second-order valence-corrected chi connectivity index (χ2v) is 6.15. The molecule has 7 heteroatoms. The lowest BCUT2D eigenvalue weighted by molar-refractivity contribution is -0.155. The minimum atomic E-state index is -1.16. The number of ether oxygens (including phenoxy) is 1. The molecule has 1 aromatic heterocycles. The van der Waals surface area contributed by atoms with Crippen LogP contribution in [0.1, 0.15) is 23.7 Å². The van der Waals surface area contributed by atoms with Crippen molar-refractivity contribution in [1.29, 1.82) is 0 Å². The van der Waals surface area contributed by atoms with E-state index in [1.54, 1.807) is 42.5 Å². The third-order valence-corrected chi connectivity index (χ3v) is 4.22. The molecule has 1 atom stereocenters. The minimum Gasteiger partial charge on any atom is -0.447 e. The lowest BCUT2D eigenvalue weighted by atomic mass is 10.1. The molecule has 3 rings (SSSR count). The predicted molar refractivity (Wildman–Crippen MR) is 99.8 cm³/mol. The molecule has 0 fully saturated rings. The molecule has 27 heavy (non-hydrogen) atoms. The predicted octanol–water partition coefficient (Wildman–Crippen LogP) is 1.86. The number of fused-ring (bicyclic) bond motifs is 1. The molecule has 138 valence electrons. The van der Waals surface area contributed by atoms with Crippen molar-refractivity contribution in [3.8, 4) is 0 Å². The number of nitrogens with zero attached hydrogens (tertiary/aromatic N) is 2. The Morgan fingerprint density at radius 2 is 1.89 bits per heavy atom. The summed E-state index contributed by atoms with van der Waals surface area (Å²) < 4.78 is 6.57. The van der Waals surface area contributed by atoms with Gasteiger partial charge in [0.1, 0.15) is 0 Å². The fourth-order valence-corrected chi connectivity index (χ4v) is 2.82. The summed E-state index contributed by atoms with van der Waals surface area (Å²) in [4.78, 5) is 40.6. The number of nitrogens with two attached hydrogens (primary N) is 1. The summed E-state index contributed by atoms with van der Waals surface area (Å²) in [5.74, 6) is -1.38. The molecule has 0 spiro atoms. The highest BCUT2D eigenvalue weighted by molar-refractivity contribution is 5.83. The number of primary amides is 1. The van der Waals surface area contributed by atoms with E-state index in [-0.39, 0.29) is 18.5 Å². The van der Waals surface area contributed by atoms with Gasteiger partial charge in [0, 0.05) is 12.1 Å². The smallest absolute Gasteiger partial charge is 0.308 e. The quantitative estimate of drug-likeness (QED) is 0.672. The minimum absolute atomic E-state index is 0.0878. The van der Waals surface area contributed by atoms with E-state index < -0.39 is 18.0 Å². The number of aromatic nitrogens is 2. The largest absolute Gasteiger partial charge is 0.447 e. The molecule has 0 bridgehead atoms. The van der Waals surface area contributed by atoms with E-state index in [1.807, 2.05) is 13.0 Å². The molecule has 7 nitrogen and oxygen atoms in total. The Morgan fingerprint density at radius 1 is 1.15 bits per heavy atom. The molecule has 0 saturated carbocycles. The highest BCUT2D eigenvalue weighted by atomic mass is 16.5. The van der Waals surface area contributed by atoms with Crippen LogP contribution in [0.2, 0.25) is 0 Å². The van der Waals surface area contributed by atoms with Gasteiger partial charge in [-0.2, -0.15) is 0 Å². The number of aryl methyl sites for hydroxylation is 2. The van der Waals surface area contributed by atoms with Gasteiger partial charge in [0.05, 0.1) is 23.7 Å². The van der Waals surface area contributed by atoms with Gasteiger partial charge in [0.25, 0.3) is 11.5 Å². The Balaban J connectivity index is 1.72. The van der Waals surface area contributed by atoms with Crippen LogP contribution in [0.5, 0.6) is 0 Å². The summed E-state index contributed by atoms with van der Waals surface area (Å²) in [6, 6.07) is 13.9. The Hall–Kier alpha value is -3.48. The summed E-state index contributed by atoms with van der Waals surface area (Å²) in [5.41, 5.74) is 7.16. The zero-order chi connectivity index (χ0) is 19.4. The van der Waals surface area contributed by atoms with E-state index in [1.165, 1.54) is 10.9 Å². The van der Waals surface area contributed by atoms with E-state index in [2.05, 4.69) is 4.98 Å². The van der Waals surface area contributed by atoms with Crippen molar-refractivity contribution in [2.24, 2.45) is 5.73 Å². The molecule has 0 saturated heterocycles. The molecule has 1 heterocycles. The van der Waals surface area contributed by atoms with Crippen LogP contribution < -0.4 is 11.3 Å². The molecule has 0 aliphatic heterocycles. The average molecular weight is 365 g/mol. The highest BCUT2D eigenvalue weighted by Crippen LogP contribution is 2.17. The summed E-state index contributed by atoms with van der Waals surface area (Å²) >= 11 is 0. The normalized spacial score (nSPS) is 11.9. The van der Waals surface area contributed by atoms with Gasteiger partial charge in [-0.25, -0.2) is 4.98 Å². The molecule has 0 radical (unpaired) electrons. The van der Waals surface area contributed by atoms with E-state index >= 15 is 0 Å². The van der Waals surface area contributed by atoms with Gasteiger partial charge in [-0.1, -0.05) is 42.5 Å². The van der Waals surface area contributed by atoms with Crippen LogP contribution >= 0.6 is 0 Å². The second kappa shape index (κ2) is 7.82. The van der Waals surface area contributed by atoms with Crippen LogP contribution in [0.4, 0.5) is 0 Å². The number of carbonyl (C=O) groups is 2. The molecule has 3 aromatic rings. The van der Waals surface area contributed by atoms with E-state index in [9.17, 15) is 14.4 Å². The molecular weight excluding hydrogens is 346 g/mol. The molecular formula is C20H19N3O4. The first-order chi connectivity index (χ1) is 13.0. The number of hydrogen-bond donors (Lipinski definition) is 1. The Bertz CT molecular complexity index is 1040. The monoisotopic (exact) mass is 365 g/mol. The molecule has 0 aliphatic carbocycles. The maximum absolute atomic E-state index is 12.5. The standard InChI is InChI=1S/C20H19N3O4/c1-13-6-5-9-15-17(13)22-12-23(20(15)26)11-10-16(24)27-18(19(21)25)14-7-3-2-4-8-14/h2-9,12,18H,10-11H2,1H3,(H2,21,25). The fraction of sp³-hybridized carbons (Fsp3) is 0.200. The van der Waals surface area contributed by atoms with Crippen molar-refractivity contribution in [3.63, 3.8) is 0 Å². The van der Waals surface area contributed by atoms with Crippen molar-refractivity contribution in [2.45, 2.75) is 26.0 Å². The summed E-state index contributed by atoms with van der Waals surface area (Å²) in [6.45, 7) is 1.97.